The molecule has 3 aromatic rings. The van der Waals surface area contributed by atoms with Gasteiger partial charge in [0.2, 0.25) is 6.10 Å². The van der Waals surface area contributed by atoms with Crippen LogP contribution in [0.2, 0.25) is 0 Å². The van der Waals surface area contributed by atoms with Crippen LogP contribution >= 0.6 is 11.8 Å². The van der Waals surface area contributed by atoms with E-state index in [9.17, 15) is 13.2 Å². The Bertz CT molecular complexity index is 1350. The Hall–Kier alpha value is -3.57. The van der Waals surface area contributed by atoms with E-state index < -0.39 is 27.3 Å². The highest BCUT2D eigenvalue weighted by atomic mass is 32.2. The summed E-state index contributed by atoms with van der Waals surface area (Å²) in [5.74, 6) is 1.55. The summed E-state index contributed by atoms with van der Waals surface area (Å²) in [6.45, 7) is 1.58. The Morgan fingerprint density at radius 2 is 1.57 bits per heavy atom. The van der Waals surface area contributed by atoms with Crippen LogP contribution in [0.3, 0.4) is 0 Å². The number of amides is 1. The van der Waals surface area contributed by atoms with Gasteiger partial charge in [-0.3, -0.25) is 4.79 Å². The minimum atomic E-state index is -3.39. The zero-order valence-electron chi connectivity index (χ0n) is 20.8. The zero-order valence-corrected chi connectivity index (χ0v) is 22.4. The maximum atomic E-state index is 13.5. The number of fused-ring (bicyclic) bond motifs is 1. The minimum Gasteiger partial charge on any atom is -0.493 e. The number of hydrogen-bond acceptors (Lipinski definition) is 9. The third kappa shape index (κ3) is 5.72. The van der Waals surface area contributed by atoms with Crippen LogP contribution in [-0.4, -0.2) is 46.9 Å². The third-order valence-electron chi connectivity index (χ3n) is 5.76. The van der Waals surface area contributed by atoms with Crippen molar-refractivity contribution in [3.8, 4) is 23.0 Å². The van der Waals surface area contributed by atoms with E-state index in [0.29, 0.717) is 28.6 Å². The lowest BCUT2D eigenvalue weighted by atomic mass is 10.1. The molecule has 1 aliphatic rings. The number of nitrogens with one attached hydrogen (secondary N) is 2. The van der Waals surface area contributed by atoms with Crippen LogP contribution in [0.5, 0.6) is 23.0 Å². The molecule has 11 heteroatoms. The van der Waals surface area contributed by atoms with Crippen molar-refractivity contribution in [3.05, 3.63) is 66.2 Å². The highest BCUT2D eigenvalue weighted by Crippen LogP contribution is 2.44. The van der Waals surface area contributed by atoms with Gasteiger partial charge >= 0.3 is 0 Å². The number of thioether (sulfide) groups is 1. The van der Waals surface area contributed by atoms with Gasteiger partial charge in [-0.05, 0) is 30.3 Å². The Balaban J connectivity index is 1.60. The molecule has 0 fully saturated rings. The van der Waals surface area contributed by atoms with E-state index >= 15 is 0 Å². The predicted molar refractivity (Wildman–Crippen MR) is 141 cm³/mol. The van der Waals surface area contributed by atoms with Gasteiger partial charge in [-0.2, -0.15) is 0 Å². The molecule has 0 aromatic heterocycles. The average molecular weight is 545 g/mol. The van der Waals surface area contributed by atoms with Gasteiger partial charge in [0.15, 0.2) is 38.3 Å². The summed E-state index contributed by atoms with van der Waals surface area (Å²) >= 11 is 1.41. The SMILES string of the molecule is CCS(=O)(=O)c1ccc(C(Oc2ccccc2OC)C(=O)NC2Nc3cc(OC)c(OC)cc3S2)cc1. The lowest BCUT2D eigenvalue weighted by molar-refractivity contribution is -0.128. The second-order valence-electron chi connectivity index (χ2n) is 7.98. The predicted octanol–water partition coefficient (Wildman–Crippen LogP) is 4.24. The molecule has 196 valence electrons. The van der Waals surface area contributed by atoms with Crippen molar-refractivity contribution < 1.29 is 32.2 Å². The van der Waals surface area contributed by atoms with E-state index in [4.69, 9.17) is 18.9 Å². The first-order valence-electron chi connectivity index (χ1n) is 11.4. The molecule has 9 nitrogen and oxygen atoms in total. The number of sulfone groups is 1. The standard InChI is InChI=1S/C26H28N2O7S2/c1-5-37(30,31)17-12-10-16(11-13-17)24(35-20-9-7-6-8-19(20)32-2)25(29)28-26-27-18-14-21(33-3)22(34-4)15-23(18)36-26/h6-15,24,26-27H,5H2,1-4H3,(H,28,29). The highest BCUT2D eigenvalue weighted by molar-refractivity contribution is 8.00. The zero-order chi connectivity index (χ0) is 26.6. The molecule has 0 spiro atoms. The fourth-order valence-electron chi connectivity index (χ4n) is 3.77. The lowest BCUT2D eigenvalue weighted by Crippen LogP contribution is -2.40. The number of benzene rings is 3. The summed E-state index contributed by atoms with van der Waals surface area (Å²) < 4.78 is 46.8. The van der Waals surface area contributed by atoms with Gasteiger partial charge in [-0.15, -0.1) is 0 Å². The number of hydrogen-bond donors (Lipinski definition) is 2. The molecule has 3 aromatic carbocycles. The average Bonchev–Trinajstić information content (AvgIpc) is 3.31. The van der Waals surface area contributed by atoms with Gasteiger partial charge in [-0.25, -0.2) is 8.42 Å². The Morgan fingerprint density at radius 1 is 0.946 bits per heavy atom. The minimum absolute atomic E-state index is 0.0192. The Labute approximate surface area is 220 Å². The molecule has 1 amide bonds. The molecule has 2 unspecified atom stereocenters. The molecule has 0 bridgehead atoms. The molecule has 0 radical (unpaired) electrons. The Kier molecular flexibility index (Phi) is 8.03. The monoisotopic (exact) mass is 544 g/mol. The van der Waals surface area contributed by atoms with Crippen molar-refractivity contribution >= 4 is 33.2 Å². The van der Waals surface area contributed by atoms with Crippen molar-refractivity contribution in [2.45, 2.75) is 28.3 Å². The van der Waals surface area contributed by atoms with E-state index in [1.165, 1.54) is 31.0 Å². The van der Waals surface area contributed by atoms with Gasteiger partial charge in [0.1, 0.15) is 0 Å². The van der Waals surface area contributed by atoms with Gasteiger partial charge in [0.05, 0.1) is 37.7 Å². The van der Waals surface area contributed by atoms with Crippen LogP contribution in [-0.2, 0) is 14.6 Å². The van der Waals surface area contributed by atoms with Crippen LogP contribution < -0.4 is 29.6 Å². The summed E-state index contributed by atoms with van der Waals surface area (Å²) in [7, 11) is 1.25. The van der Waals surface area contributed by atoms with Crippen molar-refractivity contribution in [2.75, 3.05) is 32.4 Å². The lowest BCUT2D eigenvalue weighted by Gasteiger charge is -2.22. The third-order valence-corrected chi connectivity index (χ3v) is 8.58. The molecule has 0 saturated heterocycles. The van der Waals surface area contributed by atoms with E-state index in [2.05, 4.69) is 10.6 Å². The van der Waals surface area contributed by atoms with Gasteiger partial charge in [0.25, 0.3) is 5.91 Å². The first-order valence-corrected chi connectivity index (χ1v) is 13.9. The number of rotatable bonds is 10. The fourth-order valence-corrected chi connectivity index (χ4v) is 5.69. The first-order chi connectivity index (χ1) is 17.8. The van der Waals surface area contributed by atoms with Crippen LogP contribution in [0.15, 0.2) is 70.5 Å². The second-order valence-corrected chi connectivity index (χ2v) is 11.4. The maximum Gasteiger partial charge on any atom is 0.268 e. The number of ether oxygens (including phenoxy) is 4. The summed E-state index contributed by atoms with van der Waals surface area (Å²) in [5, 5.41) is 6.22. The van der Waals surface area contributed by atoms with E-state index in [1.54, 1.807) is 57.5 Å². The summed E-state index contributed by atoms with van der Waals surface area (Å²) in [4.78, 5) is 14.6. The summed E-state index contributed by atoms with van der Waals surface area (Å²) in [6.07, 6.45) is -1.08. The van der Waals surface area contributed by atoms with Crippen molar-refractivity contribution in [1.82, 2.24) is 5.32 Å². The van der Waals surface area contributed by atoms with Crippen LogP contribution in [0, 0.1) is 0 Å². The largest absolute Gasteiger partial charge is 0.493 e. The molecular weight excluding hydrogens is 516 g/mol. The second kappa shape index (κ2) is 11.2. The van der Waals surface area contributed by atoms with Crippen LogP contribution in [0.25, 0.3) is 0 Å². The molecule has 1 heterocycles. The van der Waals surface area contributed by atoms with E-state index in [-0.39, 0.29) is 10.6 Å². The number of anilines is 1. The number of methoxy groups -OCH3 is 3. The van der Waals surface area contributed by atoms with Gasteiger partial charge < -0.3 is 29.6 Å². The van der Waals surface area contributed by atoms with Crippen molar-refractivity contribution in [1.29, 1.82) is 0 Å². The molecule has 4 rings (SSSR count). The van der Waals surface area contributed by atoms with Gasteiger partial charge in [-0.1, -0.05) is 43.0 Å². The molecule has 0 saturated carbocycles. The van der Waals surface area contributed by atoms with Crippen molar-refractivity contribution in [2.24, 2.45) is 0 Å². The Morgan fingerprint density at radius 3 is 2.19 bits per heavy atom. The molecule has 2 N–H and O–H groups in total. The molecular formula is C26H28N2O7S2. The molecule has 0 aliphatic carbocycles. The number of carbonyl (C=O) groups excluding carboxylic acids is 1. The summed E-state index contributed by atoms with van der Waals surface area (Å²) in [6, 6.07) is 16.8. The number of carbonyl (C=O) groups is 1. The molecule has 1 aliphatic heterocycles. The van der Waals surface area contributed by atoms with E-state index in [0.717, 1.165) is 10.6 Å². The molecule has 37 heavy (non-hydrogen) atoms. The smallest absolute Gasteiger partial charge is 0.268 e. The fraction of sp³-hybridized carbons (Fsp3) is 0.269. The maximum absolute atomic E-state index is 13.5. The quantitative estimate of drug-likeness (QED) is 0.387. The topological polar surface area (TPSA) is 112 Å². The highest BCUT2D eigenvalue weighted by Gasteiger charge is 2.30. The first kappa shape index (κ1) is 26.5. The number of para-hydroxylation sites is 2. The van der Waals surface area contributed by atoms with Crippen LogP contribution in [0.1, 0.15) is 18.6 Å². The van der Waals surface area contributed by atoms with Gasteiger partial charge in [0, 0.05) is 16.5 Å². The summed E-state index contributed by atoms with van der Waals surface area (Å²) in [5.41, 5.74) is 0.800. The normalized spacial score (nSPS) is 15.2. The van der Waals surface area contributed by atoms with E-state index in [1.807, 2.05) is 12.1 Å². The van der Waals surface area contributed by atoms with Crippen LogP contribution in [0.4, 0.5) is 5.69 Å². The van der Waals surface area contributed by atoms with Crippen molar-refractivity contribution in [3.63, 3.8) is 0 Å². The molecule has 2 atom stereocenters.